The summed E-state index contributed by atoms with van der Waals surface area (Å²) in [5.74, 6) is -0.216. The van der Waals surface area contributed by atoms with Gasteiger partial charge in [0.25, 0.3) is 0 Å². The predicted molar refractivity (Wildman–Crippen MR) is 58.9 cm³/mol. The fourth-order valence-corrected chi connectivity index (χ4v) is 2.79. The van der Waals surface area contributed by atoms with Crippen molar-refractivity contribution in [2.75, 3.05) is 6.54 Å². The molecule has 1 amide bonds. The van der Waals surface area contributed by atoms with Crippen LogP contribution in [0.5, 0.6) is 0 Å². The molecule has 16 heavy (non-hydrogen) atoms. The van der Waals surface area contributed by atoms with E-state index in [-0.39, 0.29) is 12.3 Å². The number of rotatable bonds is 3. The number of amides is 1. The molecule has 1 N–H and O–H groups in total. The average Bonchev–Trinajstić information content (AvgIpc) is 2.77. The van der Waals surface area contributed by atoms with Crippen molar-refractivity contribution in [3.8, 4) is 0 Å². The minimum Gasteiger partial charge on any atom is -0.481 e. The molecule has 1 saturated carbocycles. The molecule has 0 aromatic carbocycles. The van der Waals surface area contributed by atoms with Crippen LogP contribution in [0.25, 0.3) is 0 Å². The first kappa shape index (κ1) is 11.4. The van der Waals surface area contributed by atoms with E-state index in [9.17, 15) is 9.59 Å². The fraction of sp³-hybridized carbons (Fsp3) is 0.833. The molecule has 4 nitrogen and oxygen atoms in total. The van der Waals surface area contributed by atoms with Crippen LogP contribution in [0, 0.1) is 11.3 Å². The molecule has 0 aromatic rings. The van der Waals surface area contributed by atoms with Gasteiger partial charge < -0.3 is 10.0 Å². The average molecular weight is 225 g/mol. The lowest BCUT2D eigenvalue weighted by Crippen LogP contribution is -2.41. The molecular weight excluding hydrogens is 206 g/mol. The van der Waals surface area contributed by atoms with Crippen LogP contribution in [0.3, 0.4) is 0 Å². The van der Waals surface area contributed by atoms with Gasteiger partial charge in [0, 0.05) is 19.0 Å². The first-order valence-corrected chi connectivity index (χ1v) is 5.93. The maximum Gasteiger partial charge on any atom is 0.309 e. The zero-order valence-electron chi connectivity index (χ0n) is 9.90. The maximum atomic E-state index is 12.0. The Morgan fingerprint density at radius 2 is 2.06 bits per heavy atom. The molecule has 2 fully saturated rings. The number of carboxylic acid groups (broad SMARTS) is 1. The van der Waals surface area contributed by atoms with E-state index in [0.29, 0.717) is 12.0 Å². The van der Waals surface area contributed by atoms with E-state index in [1.165, 1.54) is 6.42 Å². The Morgan fingerprint density at radius 1 is 1.38 bits per heavy atom. The lowest BCUT2D eigenvalue weighted by atomic mass is 9.88. The van der Waals surface area contributed by atoms with Crippen LogP contribution < -0.4 is 0 Å². The molecule has 0 radical (unpaired) electrons. The van der Waals surface area contributed by atoms with E-state index in [2.05, 4.69) is 0 Å². The third-order valence-electron chi connectivity index (χ3n) is 3.90. The Kier molecular flexibility index (Phi) is 2.68. The predicted octanol–water partition coefficient (Wildman–Crippen LogP) is 1.50. The SMILES string of the molecule is CC(C)(CC(=O)N1CC2CCC1C2)C(=O)O. The van der Waals surface area contributed by atoms with Crippen LogP contribution in [-0.2, 0) is 9.59 Å². The summed E-state index contributed by atoms with van der Waals surface area (Å²) in [6.45, 7) is 4.07. The summed E-state index contributed by atoms with van der Waals surface area (Å²) in [6, 6.07) is 0.391. The summed E-state index contributed by atoms with van der Waals surface area (Å²) in [6.07, 6.45) is 3.57. The van der Waals surface area contributed by atoms with Gasteiger partial charge in [0.15, 0.2) is 0 Å². The molecule has 90 valence electrons. The van der Waals surface area contributed by atoms with Crippen molar-refractivity contribution in [3.05, 3.63) is 0 Å². The van der Waals surface area contributed by atoms with Crippen molar-refractivity contribution in [2.24, 2.45) is 11.3 Å². The van der Waals surface area contributed by atoms with Crippen LogP contribution in [0.1, 0.15) is 39.5 Å². The molecule has 1 aliphatic heterocycles. The van der Waals surface area contributed by atoms with Gasteiger partial charge >= 0.3 is 5.97 Å². The van der Waals surface area contributed by atoms with Gasteiger partial charge in [0.2, 0.25) is 5.91 Å². The smallest absolute Gasteiger partial charge is 0.309 e. The monoisotopic (exact) mass is 225 g/mol. The molecule has 0 spiro atoms. The van der Waals surface area contributed by atoms with E-state index in [1.54, 1.807) is 13.8 Å². The van der Waals surface area contributed by atoms with Crippen molar-refractivity contribution in [1.82, 2.24) is 4.90 Å². The summed E-state index contributed by atoms with van der Waals surface area (Å²) < 4.78 is 0. The Labute approximate surface area is 95.6 Å². The highest BCUT2D eigenvalue weighted by molar-refractivity contribution is 5.84. The van der Waals surface area contributed by atoms with Crippen LogP contribution in [0.4, 0.5) is 0 Å². The highest BCUT2D eigenvalue weighted by Gasteiger charge is 2.42. The number of carboxylic acids is 1. The van der Waals surface area contributed by atoms with Gasteiger partial charge in [0.05, 0.1) is 5.41 Å². The molecule has 1 saturated heterocycles. The van der Waals surface area contributed by atoms with Crippen LogP contribution in [0.2, 0.25) is 0 Å². The molecule has 1 aliphatic carbocycles. The zero-order valence-corrected chi connectivity index (χ0v) is 9.90. The van der Waals surface area contributed by atoms with Gasteiger partial charge in [-0.25, -0.2) is 0 Å². The Balaban J connectivity index is 1.96. The quantitative estimate of drug-likeness (QED) is 0.791. The molecular formula is C12H19NO3. The number of likely N-dealkylation sites (tertiary alicyclic amines) is 1. The van der Waals surface area contributed by atoms with E-state index in [4.69, 9.17) is 5.11 Å². The lowest BCUT2D eigenvalue weighted by molar-refractivity contribution is -0.151. The van der Waals surface area contributed by atoms with Gasteiger partial charge in [-0.3, -0.25) is 9.59 Å². The molecule has 0 aromatic heterocycles. The minimum atomic E-state index is -0.946. The Morgan fingerprint density at radius 3 is 2.50 bits per heavy atom. The van der Waals surface area contributed by atoms with E-state index < -0.39 is 11.4 Å². The zero-order chi connectivity index (χ0) is 11.9. The van der Waals surface area contributed by atoms with E-state index in [0.717, 1.165) is 19.4 Å². The Hall–Kier alpha value is -1.06. The van der Waals surface area contributed by atoms with Crippen molar-refractivity contribution in [1.29, 1.82) is 0 Å². The number of nitrogens with zero attached hydrogens (tertiary/aromatic N) is 1. The number of carbonyl (C=O) groups is 2. The van der Waals surface area contributed by atoms with E-state index >= 15 is 0 Å². The van der Waals surface area contributed by atoms with Gasteiger partial charge in [0.1, 0.15) is 0 Å². The van der Waals surface area contributed by atoms with Crippen molar-refractivity contribution >= 4 is 11.9 Å². The van der Waals surface area contributed by atoms with Gasteiger partial charge in [-0.15, -0.1) is 0 Å². The largest absolute Gasteiger partial charge is 0.481 e. The van der Waals surface area contributed by atoms with Gasteiger partial charge in [-0.2, -0.15) is 0 Å². The first-order valence-electron chi connectivity index (χ1n) is 5.93. The van der Waals surface area contributed by atoms with Crippen LogP contribution >= 0.6 is 0 Å². The highest BCUT2D eigenvalue weighted by Crippen LogP contribution is 2.38. The highest BCUT2D eigenvalue weighted by atomic mass is 16.4. The van der Waals surface area contributed by atoms with Gasteiger partial charge in [-0.05, 0) is 39.0 Å². The molecule has 1 heterocycles. The lowest BCUT2D eigenvalue weighted by Gasteiger charge is -2.29. The topological polar surface area (TPSA) is 57.6 Å². The molecule has 2 bridgehead atoms. The summed E-state index contributed by atoms with van der Waals surface area (Å²) in [5, 5.41) is 8.99. The van der Waals surface area contributed by atoms with Gasteiger partial charge in [-0.1, -0.05) is 0 Å². The summed E-state index contributed by atoms with van der Waals surface area (Å²) >= 11 is 0. The summed E-state index contributed by atoms with van der Waals surface area (Å²) in [7, 11) is 0. The number of hydrogen-bond donors (Lipinski definition) is 1. The minimum absolute atomic E-state index is 0.0135. The summed E-state index contributed by atoms with van der Waals surface area (Å²) in [4.78, 5) is 24.9. The second-order valence-corrected chi connectivity index (χ2v) is 5.74. The summed E-state index contributed by atoms with van der Waals surface area (Å²) in [5.41, 5.74) is -0.946. The molecule has 4 heteroatoms. The number of piperidine rings is 1. The Bertz CT molecular complexity index is 324. The number of hydrogen-bond acceptors (Lipinski definition) is 2. The molecule has 2 rings (SSSR count). The molecule has 2 unspecified atom stereocenters. The molecule has 2 atom stereocenters. The standard InChI is InChI=1S/C12H19NO3/c1-12(2,11(15)16)6-10(14)13-7-8-3-4-9(13)5-8/h8-9H,3-7H2,1-2H3,(H,15,16). The number of fused-ring (bicyclic) bond motifs is 2. The van der Waals surface area contributed by atoms with E-state index in [1.807, 2.05) is 4.90 Å². The fourth-order valence-electron chi connectivity index (χ4n) is 2.79. The second kappa shape index (κ2) is 3.75. The number of aliphatic carboxylic acids is 1. The maximum absolute atomic E-state index is 12.0. The normalized spacial score (nSPS) is 28.5. The third-order valence-corrected chi connectivity index (χ3v) is 3.90. The van der Waals surface area contributed by atoms with Crippen molar-refractivity contribution in [3.63, 3.8) is 0 Å². The first-order chi connectivity index (χ1) is 7.40. The van der Waals surface area contributed by atoms with Crippen molar-refractivity contribution < 1.29 is 14.7 Å². The molecule has 2 aliphatic rings. The van der Waals surface area contributed by atoms with Crippen molar-refractivity contribution in [2.45, 2.75) is 45.6 Å². The van der Waals surface area contributed by atoms with Crippen LogP contribution in [0.15, 0.2) is 0 Å². The second-order valence-electron chi connectivity index (χ2n) is 5.74. The third kappa shape index (κ3) is 1.93. The number of carbonyl (C=O) groups excluding carboxylic acids is 1. The van der Waals surface area contributed by atoms with Crippen LogP contribution in [-0.4, -0.2) is 34.5 Å².